The summed E-state index contributed by atoms with van der Waals surface area (Å²) in [5, 5.41) is -0.243. The lowest BCUT2D eigenvalue weighted by Crippen LogP contribution is -2.41. The Morgan fingerprint density at radius 2 is 1.91 bits per heavy atom. The minimum Gasteiger partial charge on any atom is -0.463 e. The molecule has 0 radical (unpaired) electrons. The van der Waals surface area contributed by atoms with E-state index in [2.05, 4.69) is 4.98 Å². The molecule has 0 aliphatic carbocycles. The molecule has 3 aromatic rings. The zero-order valence-electron chi connectivity index (χ0n) is 18.7. The van der Waals surface area contributed by atoms with Crippen LogP contribution >= 0.6 is 11.6 Å². The number of carbonyl (C=O) groups excluding carboxylic acids is 1. The molecule has 0 saturated carbocycles. The molecule has 0 N–H and O–H groups in total. The van der Waals surface area contributed by atoms with Crippen molar-refractivity contribution in [2.24, 2.45) is 7.05 Å². The summed E-state index contributed by atoms with van der Waals surface area (Å²) < 4.78 is 58.9. The smallest absolute Gasteiger partial charge is 0.344 e. The van der Waals surface area contributed by atoms with Gasteiger partial charge in [0.2, 0.25) is 0 Å². The molecule has 2 heterocycles. The summed E-state index contributed by atoms with van der Waals surface area (Å²) >= 11 is 6.09. The fourth-order valence-electron chi connectivity index (χ4n) is 3.05. The van der Waals surface area contributed by atoms with Crippen molar-refractivity contribution in [3.05, 3.63) is 73.9 Å². The van der Waals surface area contributed by atoms with Gasteiger partial charge in [0.25, 0.3) is 17.4 Å². The number of alkyl halides is 2. The lowest BCUT2D eigenvalue weighted by molar-refractivity contribution is -0.145. The highest BCUT2D eigenvalue weighted by molar-refractivity contribution is 6.32. The number of hydrogen-bond acceptors (Lipinski definition) is 7. The first-order chi connectivity index (χ1) is 16.4. The van der Waals surface area contributed by atoms with Crippen molar-refractivity contribution >= 4 is 17.6 Å². The van der Waals surface area contributed by atoms with Gasteiger partial charge in [-0.05, 0) is 25.1 Å². The Labute approximate surface area is 201 Å². The molecule has 0 aliphatic heterocycles. The highest BCUT2D eigenvalue weighted by Gasteiger charge is 2.30. The Morgan fingerprint density at radius 3 is 2.57 bits per heavy atom. The fraction of sp³-hybridized carbons (Fsp3) is 0.273. The topological polar surface area (TPSA) is 102 Å². The second-order valence-corrected chi connectivity index (χ2v) is 7.58. The van der Waals surface area contributed by atoms with E-state index < -0.39 is 46.9 Å². The van der Waals surface area contributed by atoms with Gasteiger partial charge in [-0.25, -0.2) is 32.3 Å². The van der Waals surface area contributed by atoms with Crippen molar-refractivity contribution in [1.82, 2.24) is 14.1 Å². The SMILES string of the molecule is CCOC(=O)COc1ncccc1Oc1cc(-n2c(=O)cc(C(C)(F)F)n(C)c2=O)c(F)cc1Cl. The summed E-state index contributed by atoms with van der Waals surface area (Å²) in [6.45, 7) is 1.83. The van der Waals surface area contributed by atoms with Crippen molar-refractivity contribution in [3.8, 4) is 23.1 Å². The van der Waals surface area contributed by atoms with Crippen LogP contribution in [0.25, 0.3) is 5.69 Å². The lowest BCUT2D eigenvalue weighted by atomic mass is 10.2. The molecule has 2 aromatic heterocycles. The third-order valence-electron chi connectivity index (χ3n) is 4.60. The number of esters is 1. The molecule has 186 valence electrons. The van der Waals surface area contributed by atoms with Crippen molar-refractivity contribution in [3.63, 3.8) is 0 Å². The van der Waals surface area contributed by atoms with Gasteiger partial charge < -0.3 is 14.2 Å². The molecule has 0 amide bonds. The number of pyridine rings is 1. The Balaban J connectivity index is 2.05. The van der Waals surface area contributed by atoms with Crippen LogP contribution in [0, 0.1) is 5.82 Å². The maximum atomic E-state index is 14.8. The fourth-order valence-corrected chi connectivity index (χ4v) is 3.24. The molecule has 1 aromatic carbocycles. The van der Waals surface area contributed by atoms with E-state index in [1.54, 1.807) is 6.92 Å². The van der Waals surface area contributed by atoms with Crippen LogP contribution in [0.3, 0.4) is 0 Å². The van der Waals surface area contributed by atoms with Gasteiger partial charge in [-0.2, -0.15) is 0 Å². The predicted molar refractivity (Wildman–Crippen MR) is 118 cm³/mol. The first-order valence-corrected chi connectivity index (χ1v) is 10.4. The molecule has 0 unspecified atom stereocenters. The molecule has 35 heavy (non-hydrogen) atoms. The van der Waals surface area contributed by atoms with Crippen molar-refractivity contribution in [2.45, 2.75) is 19.8 Å². The molecule has 3 rings (SSSR count). The summed E-state index contributed by atoms with van der Waals surface area (Å²) in [5.74, 6) is -5.58. The van der Waals surface area contributed by atoms with Gasteiger partial charge in [-0.3, -0.25) is 9.36 Å². The van der Waals surface area contributed by atoms with Gasteiger partial charge in [-0.1, -0.05) is 11.6 Å². The summed E-state index contributed by atoms with van der Waals surface area (Å²) in [6, 6.07) is 5.17. The Hall–Kier alpha value is -3.80. The van der Waals surface area contributed by atoms with E-state index in [-0.39, 0.29) is 29.0 Å². The molecule has 0 saturated heterocycles. The predicted octanol–water partition coefficient (Wildman–Crippen LogP) is 3.57. The summed E-state index contributed by atoms with van der Waals surface area (Å²) in [4.78, 5) is 40.7. The molecular weight excluding hydrogens is 495 g/mol. The number of nitrogens with zero attached hydrogens (tertiary/aromatic N) is 3. The Morgan fingerprint density at radius 1 is 1.20 bits per heavy atom. The van der Waals surface area contributed by atoms with E-state index in [4.69, 9.17) is 25.8 Å². The quantitative estimate of drug-likeness (QED) is 0.424. The maximum Gasteiger partial charge on any atom is 0.344 e. The molecule has 0 aliphatic rings. The van der Waals surface area contributed by atoms with Crippen molar-refractivity contribution < 1.29 is 32.2 Å². The molecule has 9 nitrogen and oxygen atoms in total. The number of benzene rings is 1. The molecular formula is C22H19ClF3N3O6. The zero-order valence-corrected chi connectivity index (χ0v) is 19.4. The van der Waals surface area contributed by atoms with E-state index in [9.17, 15) is 27.6 Å². The molecule has 0 bridgehead atoms. The van der Waals surface area contributed by atoms with Crippen LogP contribution in [0.2, 0.25) is 5.02 Å². The van der Waals surface area contributed by atoms with Gasteiger partial charge in [0, 0.05) is 32.3 Å². The zero-order chi connectivity index (χ0) is 25.9. The largest absolute Gasteiger partial charge is 0.463 e. The highest BCUT2D eigenvalue weighted by atomic mass is 35.5. The monoisotopic (exact) mass is 513 g/mol. The first kappa shape index (κ1) is 25.8. The van der Waals surface area contributed by atoms with Gasteiger partial charge in [0.1, 0.15) is 11.6 Å². The van der Waals surface area contributed by atoms with Crippen LogP contribution in [0.4, 0.5) is 13.2 Å². The molecule has 0 fully saturated rings. The highest BCUT2D eigenvalue weighted by Crippen LogP contribution is 2.36. The molecule has 0 spiro atoms. The minimum absolute atomic E-state index is 0.0301. The van der Waals surface area contributed by atoms with E-state index in [1.807, 2.05) is 0 Å². The van der Waals surface area contributed by atoms with Crippen molar-refractivity contribution in [2.75, 3.05) is 13.2 Å². The third-order valence-corrected chi connectivity index (χ3v) is 4.90. The number of carbonyl (C=O) groups is 1. The van der Waals surface area contributed by atoms with E-state index in [1.165, 1.54) is 18.3 Å². The Kier molecular flexibility index (Phi) is 7.54. The number of aromatic nitrogens is 3. The molecule has 0 atom stereocenters. The standard InChI is InChI=1S/C22H19ClF3N3O6/c1-4-33-19(31)11-34-20-15(6-5-7-27-20)35-16-9-14(13(24)8-12(16)23)29-18(30)10-17(22(2,25)26)28(3)21(29)32/h5-10H,4,11H2,1-3H3. The first-order valence-electron chi connectivity index (χ1n) is 10.1. The van der Waals surface area contributed by atoms with Gasteiger partial charge in [0.15, 0.2) is 12.4 Å². The minimum atomic E-state index is -3.49. The van der Waals surface area contributed by atoms with E-state index >= 15 is 0 Å². The maximum absolute atomic E-state index is 14.8. The van der Waals surface area contributed by atoms with Gasteiger partial charge >= 0.3 is 11.7 Å². The Bertz CT molecular complexity index is 1380. The van der Waals surface area contributed by atoms with Crippen LogP contribution in [-0.2, 0) is 22.5 Å². The number of hydrogen-bond donors (Lipinski definition) is 0. The van der Waals surface area contributed by atoms with Gasteiger partial charge in [0.05, 0.1) is 23.0 Å². The average molecular weight is 514 g/mol. The van der Waals surface area contributed by atoms with E-state index in [0.29, 0.717) is 22.1 Å². The molecule has 13 heteroatoms. The van der Waals surface area contributed by atoms with E-state index in [0.717, 1.165) is 19.2 Å². The number of rotatable bonds is 8. The average Bonchev–Trinajstić information content (AvgIpc) is 2.78. The van der Waals surface area contributed by atoms with Crippen LogP contribution < -0.4 is 20.7 Å². The van der Waals surface area contributed by atoms with Crippen LogP contribution in [-0.4, -0.2) is 33.3 Å². The summed E-state index contributed by atoms with van der Waals surface area (Å²) in [7, 11) is 1.03. The number of ether oxygens (including phenoxy) is 3. The van der Waals surface area contributed by atoms with Crippen LogP contribution in [0.15, 0.2) is 46.1 Å². The number of halogens is 4. The third kappa shape index (κ3) is 5.65. The van der Waals surface area contributed by atoms with Crippen LogP contribution in [0.1, 0.15) is 19.5 Å². The van der Waals surface area contributed by atoms with Crippen LogP contribution in [0.5, 0.6) is 17.4 Å². The summed E-state index contributed by atoms with van der Waals surface area (Å²) in [6.07, 6.45) is 1.36. The van der Waals surface area contributed by atoms with Gasteiger partial charge in [-0.15, -0.1) is 0 Å². The lowest BCUT2D eigenvalue weighted by Gasteiger charge is -2.17. The van der Waals surface area contributed by atoms with Crippen molar-refractivity contribution in [1.29, 1.82) is 0 Å². The normalized spacial score (nSPS) is 11.3. The second-order valence-electron chi connectivity index (χ2n) is 7.17. The second kappa shape index (κ2) is 10.2. The summed E-state index contributed by atoms with van der Waals surface area (Å²) in [5.41, 5.74) is -3.81.